The Balaban J connectivity index is 1.71. The topological polar surface area (TPSA) is 43.6 Å². The van der Waals surface area contributed by atoms with Gasteiger partial charge in [-0.25, -0.2) is 0 Å². The number of rotatable bonds is 5. The summed E-state index contributed by atoms with van der Waals surface area (Å²) in [6.07, 6.45) is 0. The number of aromatic nitrogens is 4. The van der Waals surface area contributed by atoms with Gasteiger partial charge in [-0.1, -0.05) is 60.3 Å². The SMILES string of the molecule is Cl[C@H](CSc1nnnn1-c1ccccc1)c1ccccc1. The van der Waals surface area contributed by atoms with Crippen molar-refractivity contribution in [1.82, 2.24) is 20.2 Å². The van der Waals surface area contributed by atoms with Crippen molar-refractivity contribution in [2.45, 2.75) is 10.5 Å². The maximum Gasteiger partial charge on any atom is 0.214 e. The fourth-order valence-electron chi connectivity index (χ4n) is 1.91. The van der Waals surface area contributed by atoms with Crippen LogP contribution < -0.4 is 0 Å². The summed E-state index contributed by atoms with van der Waals surface area (Å²) in [4.78, 5) is 0. The molecular formula is C15H13ClN4S. The molecule has 0 unspecified atom stereocenters. The van der Waals surface area contributed by atoms with Crippen LogP contribution in [0.25, 0.3) is 5.69 Å². The number of nitrogens with zero attached hydrogens (tertiary/aromatic N) is 4. The maximum absolute atomic E-state index is 6.42. The highest BCUT2D eigenvalue weighted by molar-refractivity contribution is 7.99. The Morgan fingerprint density at radius 2 is 1.67 bits per heavy atom. The van der Waals surface area contributed by atoms with Crippen LogP contribution >= 0.6 is 23.4 Å². The van der Waals surface area contributed by atoms with E-state index in [2.05, 4.69) is 15.5 Å². The zero-order chi connectivity index (χ0) is 14.5. The van der Waals surface area contributed by atoms with Gasteiger partial charge in [0.05, 0.1) is 11.1 Å². The van der Waals surface area contributed by atoms with Crippen LogP contribution in [0.3, 0.4) is 0 Å². The molecule has 0 N–H and O–H groups in total. The van der Waals surface area contributed by atoms with Gasteiger partial charge in [-0.3, -0.25) is 0 Å². The Labute approximate surface area is 132 Å². The Morgan fingerprint density at radius 1 is 1.00 bits per heavy atom. The molecule has 0 aliphatic carbocycles. The molecule has 0 bridgehead atoms. The van der Waals surface area contributed by atoms with Gasteiger partial charge in [0.1, 0.15) is 0 Å². The number of para-hydroxylation sites is 1. The monoisotopic (exact) mass is 316 g/mol. The minimum Gasteiger partial charge on any atom is -0.188 e. The fourth-order valence-corrected chi connectivity index (χ4v) is 3.09. The minimum absolute atomic E-state index is 0.0721. The third-order valence-electron chi connectivity index (χ3n) is 2.96. The molecule has 0 saturated carbocycles. The summed E-state index contributed by atoms with van der Waals surface area (Å²) in [5.74, 6) is 0.707. The van der Waals surface area contributed by atoms with Crippen LogP contribution in [0.5, 0.6) is 0 Å². The highest BCUT2D eigenvalue weighted by Gasteiger charge is 2.13. The van der Waals surface area contributed by atoms with Crippen LogP contribution in [-0.4, -0.2) is 26.0 Å². The standard InChI is InChI=1S/C15H13ClN4S/c16-14(12-7-3-1-4-8-12)11-21-15-17-18-19-20(15)13-9-5-2-6-10-13/h1-10,14H,11H2/t14-/m1/s1. The average Bonchev–Trinajstić information content (AvgIpc) is 3.03. The lowest BCUT2D eigenvalue weighted by atomic mass is 10.2. The van der Waals surface area contributed by atoms with Crippen molar-refractivity contribution in [3.8, 4) is 5.69 Å². The second kappa shape index (κ2) is 6.74. The van der Waals surface area contributed by atoms with Crippen LogP contribution in [0.2, 0.25) is 0 Å². The predicted octanol–water partition coefficient (Wildman–Crippen LogP) is 3.73. The fraction of sp³-hybridized carbons (Fsp3) is 0.133. The summed E-state index contributed by atoms with van der Waals surface area (Å²) < 4.78 is 1.72. The summed E-state index contributed by atoms with van der Waals surface area (Å²) in [7, 11) is 0. The van der Waals surface area contributed by atoms with E-state index in [0.29, 0.717) is 5.75 Å². The first kappa shape index (κ1) is 14.1. The van der Waals surface area contributed by atoms with Crippen LogP contribution in [0, 0.1) is 0 Å². The molecule has 0 radical (unpaired) electrons. The van der Waals surface area contributed by atoms with Gasteiger partial charge in [0.2, 0.25) is 5.16 Å². The first-order valence-electron chi connectivity index (χ1n) is 6.50. The van der Waals surface area contributed by atoms with E-state index in [1.54, 1.807) is 16.4 Å². The van der Waals surface area contributed by atoms with Gasteiger partial charge in [-0.2, -0.15) is 4.68 Å². The van der Waals surface area contributed by atoms with Crippen LogP contribution in [-0.2, 0) is 0 Å². The molecule has 1 aromatic heterocycles. The third-order valence-corrected chi connectivity index (χ3v) is 4.56. The summed E-state index contributed by atoms with van der Waals surface area (Å²) >= 11 is 7.97. The molecule has 1 atom stereocenters. The molecular weight excluding hydrogens is 304 g/mol. The van der Waals surface area contributed by atoms with Crippen molar-refractivity contribution in [2.24, 2.45) is 0 Å². The number of alkyl halides is 1. The number of thioether (sulfide) groups is 1. The molecule has 0 aliphatic heterocycles. The number of tetrazole rings is 1. The Bertz CT molecular complexity index is 687. The summed E-state index contributed by atoms with van der Waals surface area (Å²) in [5, 5.41) is 12.5. The predicted molar refractivity (Wildman–Crippen MR) is 84.9 cm³/mol. The van der Waals surface area contributed by atoms with Crippen molar-refractivity contribution >= 4 is 23.4 Å². The quantitative estimate of drug-likeness (QED) is 0.531. The van der Waals surface area contributed by atoms with Crippen molar-refractivity contribution in [2.75, 3.05) is 5.75 Å². The van der Waals surface area contributed by atoms with Crippen LogP contribution in [0.1, 0.15) is 10.9 Å². The average molecular weight is 317 g/mol. The van der Waals surface area contributed by atoms with Gasteiger partial charge in [0.15, 0.2) is 0 Å². The molecule has 106 valence electrons. The van der Waals surface area contributed by atoms with Crippen molar-refractivity contribution in [3.05, 3.63) is 66.2 Å². The van der Waals surface area contributed by atoms with Gasteiger partial charge in [-0.05, 0) is 28.1 Å². The van der Waals surface area contributed by atoms with E-state index in [-0.39, 0.29) is 5.38 Å². The Kier molecular flexibility index (Phi) is 4.52. The molecule has 6 heteroatoms. The van der Waals surface area contributed by atoms with Crippen molar-refractivity contribution in [3.63, 3.8) is 0 Å². The molecule has 0 fully saturated rings. The molecule has 1 heterocycles. The molecule has 0 aliphatic rings. The van der Waals surface area contributed by atoms with Gasteiger partial charge < -0.3 is 0 Å². The van der Waals surface area contributed by atoms with E-state index in [4.69, 9.17) is 11.6 Å². The van der Waals surface area contributed by atoms with Gasteiger partial charge >= 0.3 is 0 Å². The summed E-state index contributed by atoms with van der Waals surface area (Å²) in [6.45, 7) is 0. The Hall–Kier alpha value is -1.85. The molecule has 0 spiro atoms. The Morgan fingerprint density at radius 3 is 2.38 bits per heavy atom. The van der Waals surface area contributed by atoms with Crippen LogP contribution in [0.15, 0.2) is 65.8 Å². The van der Waals surface area contributed by atoms with Crippen molar-refractivity contribution < 1.29 is 0 Å². The highest BCUT2D eigenvalue weighted by Crippen LogP contribution is 2.28. The molecule has 2 aromatic carbocycles. The van der Waals surface area contributed by atoms with Crippen LogP contribution in [0.4, 0.5) is 0 Å². The van der Waals surface area contributed by atoms with E-state index >= 15 is 0 Å². The smallest absolute Gasteiger partial charge is 0.188 e. The van der Waals surface area contributed by atoms with E-state index in [0.717, 1.165) is 16.4 Å². The molecule has 21 heavy (non-hydrogen) atoms. The molecule has 4 nitrogen and oxygen atoms in total. The zero-order valence-electron chi connectivity index (χ0n) is 11.1. The molecule has 3 rings (SSSR count). The number of halogens is 1. The van der Waals surface area contributed by atoms with E-state index in [1.165, 1.54) is 0 Å². The minimum atomic E-state index is -0.0721. The lowest BCUT2D eigenvalue weighted by Gasteiger charge is -2.09. The first-order chi connectivity index (χ1) is 10.3. The number of hydrogen-bond donors (Lipinski definition) is 0. The largest absolute Gasteiger partial charge is 0.214 e. The zero-order valence-corrected chi connectivity index (χ0v) is 12.7. The van der Waals surface area contributed by atoms with Crippen molar-refractivity contribution in [1.29, 1.82) is 0 Å². The summed E-state index contributed by atoms with van der Waals surface area (Å²) in [5.41, 5.74) is 2.04. The summed E-state index contributed by atoms with van der Waals surface area (Å²) in [6, 6.07) is 19.8. The third kappa shape index (κ3) is 3.43. The first-order valence-corrected chi connectivity index (χ1v) is 7.92. The molecule has 0 amide bonds. The van der Waals surface area contributed by atoms with Gasteiger partial charge in [-0.15, -0.1) is 16.7 Å². The normalized spacial score (nSPS) is 12.2. The highest BCUT2D eigenvalue weighted by atomic mass is 35.5. The maximum atomic E-state index is 6.42. The van der Waals surface area contributed by atoms with Gasteiger partial charge in [0.25, 0.3) is 0 Å². The number of benzene rings is 2. The van der Waals surface area contributed by atoms with E-state index < -0.39 is 0 Å². The van der Waals surface area contributed by atoms with E-state index in [9.17, 15) is 0 Å². The van der Waals surface area contributed by atoms with Gasteiger partial charge in [0, 0.05) is 5.75 Å². The van der Waals surface area contributed by atoms with E-state index in [1.807, 2.05) is 60.7 Å². The molecule has 3 aromatic rings. The second-order valence-electron chi connectivity index (χ2n) is 4.40. The number of hydrogen-bond acceptors (Lipinski definition) is 4. The molecule has 0 saturated heterocycles. The second-order valence-corrected chi connectivity index (χ2v) is 5.91. The lowest BCUT2D eigenvalue weighted by Crippen LogP contribution is -2.00. The lowest BCUT2D eigenvalue weighted by molar-refractivity contribution is 0.756.